The number of nitro benzene ring substituents is 1. The summed E-state index contributed by atoms with van der Waals surface area (Å²) in [5.74, 6) is 0.402. The van der Waals surface area contributed by atoms with Gasteiger partial charge in [0.05, 0.1) is 15.5 Å². The lowest BCUT2D eigenvalue weighted by Crippen LogP contribution is -2.48. The number of hydrogen-bond acceptors (Lipinski definition) is 10. The molecule has 0 bridgehead atoms. The maximum atomic E-state index is 14.3. The smallest absolute Gasteiger partial charge is 0.407 e. The molecule has 16 heteroatoms. The maximum absolute atomic E-state index is 14.3. The molecule has 1 fully saturated rings. The Balaban J connectivity index is 1.37. The fourth-order valence-electron chi connectivity index (χ4n) is 5.81. The number of piperazine rings is 1. The van der Waals surface area contributed by atoms with Gasteiger partial charge in [0.1, 0.15) is 5.69 Å². The lowest BCUT2D eigenvalue weighted by Gasteiger charge is -2.33. The topological polar surface area (TPSA) is 182 Å². The molecule has 1 aliphatic heterocycles. The number of benzene rings is 2. The van der Waals surface area contributed by atoms with E-state index >= 15 is 0 Å². The molecule has 2 aromatic carbocycles. The average molecular weight is 666 g/mol. The van der Waals surface area contributed by atoms with Crippen LogP contribution in [0.3, 0.4) is 0 Å². The van der Waals surface area contributed by atoms with E-state index in [1.807, 2.05) is 4.90 Å². The molecule has 4 aromatic heterocycles. The SMILES string of the molecule is Cn1cc(-c2ccnc3c2cc(-c2cnc(N4CCN(C(=O)O)CC4)nc2)n3S(=O)(=O)c2ccccc2)c(-c2ccc([N+](=O)[O-])cc2)n1. The predicted molar refractivity (Wildman–Crippen MR) is 176 cm³/mol. The fourth-order valence-corrected chi connectivity index (χ4v) is 7.31. The van der Waals surface area contributed by atoms with E-state index in [1.54, 1.807) is 72.8 Å². The van der Waals surface area contributed by atoms with Crippen molar-refractivity contribution in [1.29, 1.82) is 0 Å². The van der Waals surface area contributed by atoms with Crippen molar-refractivity contribution in [2.45, 2.75) is 4.90 Å². The molecular weight excluding hydrogens is 638 g/mol. The first-order valence-corrected chi connectivity index (χ1v) is 16.2. The second-order valence-corrected chi connectivity index (χ2v) is 12.9. The maximum Gasteiger partial charge on any atom is 0.407 e. The molecule has 242 valence electrons. The number of non-ortho nitro benzene ring substituents is 1. The normalized spacial score (nSPS) is 13.6. The van der Waals surface area contributed by atoms with Gasteiger partial charge in [0.25, 0.3) is 15.7 Å². The number of amides is 1. The molecule has 5 heterocycles. The van der Waals surface area contributed by atoms with Gasteiger partial charge in [-0.1, -0.05) is 18.2 Å². The van der Waals surface area contributed by atoms with Crippen molar-refractivity contribution in [2.24, 2.45) is 7.05 Å². The summed E-state index contributed by atoms with van der Waals surface area (Å²) in [6.07, 6.45) is 5.45. The fraction of sp³-hybridized carbons (Fsp3) is 0.156. The second-order valence-electron chi connectivity index (χ2n) is 11.1. The van der Waals surface area contributed by atoms with Crippen molar-refractivity contribution < 1.29 is 23.2 Å². The van der Waals surface area contributed by atoms with Crippen LogP contribution < -0.4 is 4.90 Å². The molecule has 7 rings (SSSR count). The molecule has 1 aliphatic rings. The van der Waals surface area contributed by atoms with Crippen LogP contribution in [-0.4, -0.2) is 84.3 Å². The Morgan fingerprint density at radius 2 is 1.58 bits per heavy atom. The number of hydrogen-bond donors (Lipinski definition) is 1. The third-order valence-corrected chi connectivity index (χ3v) is 9.90. The highest BCUT2D eigenvalue weighted by Gasteiger charge is 2.28. The van der Waals surface area contributed by atoms with Crippen molar-refractivity contribution in [3.63, 3.8) is 0 Å². The van der Waals surface area contributed by atoms with Crippen LogP contribution >= 0.6 is 0 Å². The number of carboxylic acid groups (broad SMARTS) is 1. The number of fused-ring (bicyclic) bond motifs is 1. The van der Waals surface area contributed by atoms with Crippen LogP contribution in [0.15, 0.2) is 96.4 Å². The highest BCUT2D eigenvalue weighted by atomic mass is 32.2. The first kappa shape index (κ1) is 30.5. The molecule has 0 spiro atoms. The largest absolute Gasteiger partial charge is 0.465 e. The van der Waals surface area contributed by atoms with Gasteiger partial charge in [0, 0.05) is 92.2 Å². The monoisotopic (exact) mass is 665 g/mol. The summed E-state index contributed by atoms with van der Waals surface area (Å²) in [5, 5.41) is 25.7. The van der Waals surface area contributed by atoms with E-state index in [0.29, 0.717) is 65.5 Å². The van der Waals surface area contributed by atoms with Gasteiger partial charge in [0.15, 0.2) is 5.65 Å². The molecule has 15 nitrogen and oxygen atoms in total. The van der Waals surface area contributed by atoms with Gasteiger partial charge < -0.3 is 14.9 Å². The Morgan fingerprint density at radius 1 is 0.896 bits per heavy atom. The first-order chi connectivity index (χ1) is 23.1. The minimum absolute atomic E-state index is 0.0499. The lowest BCUT2D eigenvalue weighted by atomic mass is 10.00. The van der Waals surface area contributed by atoms with Crippen molar-refractivity contribution in [1.82, 2.24) is 33.6 Å². The standard InChI is InChI=1S/C32H27N9O6S/c1-37-20-27(29(36-37)21-7-9-23(10-8-21)41(44)45)25-11-12-33-30-26(25)17-28(40(30)48(46,47)24-5-3-2-4-6-24)22-18-34-31(35-19-22)38-13-15-39(16-14-38)32(42)43/h2-12,17-20H,13-16H2,1H3,(H,42,43). The summed E-state index contributed by atoms with van der Waals surface area (Å²) in [4.78, 5) is 39.0. The Morgan fingerprint density at radius 3 is 2.23 bits per heavy atom. The van der Waals surface area contributed by atoms with Crippen LogP contribution in [0.2, 0.25) is 0 Å². The summed E-state index contributed by atoms with van der Waals surface area (Å²) in [5.41, 5.74) is 3.36. The van der Waals surface area contributed by atoms with Crippen molar-refractivity contribution in [3.05, 3.63) is 102 Å². The lowest BCUT2D eigenvalue weighted by molar-refractivity contribution is -0.384. The van der Waals surface area contributed by atoms with Crippen LogP contribution in [0.25, 0.3) is 44.7 Å². The number of aryl methyl sites for hydroxylation is 1. The van der Waals surface area contributed by atoms with E-state index in [4.69, 9.17) is 0 Å². The Bertz CT molecular complexity index is 2280. The Hall–Kier alpha value is -6.16. The molecule has 0 radical (unpaired) electrons. The third kappa shape index (κ3) is 5.37. The summed E-state index contributed by atoms with van der Waals surface area (Å²) in [7, 11) is -2.41. The van der Waals surface area contributed by atoms with Crippen LogP contribution in [0, 0.1) is 10.1 Å². The van der Waals surface area contributed by atoms with Crippen molar-refractivity contribution in [2.75, 3.05) is 31.1 Å². The zero-order chi connectivity index (χ0) is 33.6. The molecule has 0 atom stereocenters. The van der Waals surface area contributed by atoms with E-state index in [1.165, 1.54) is 39.3 Å². The summed E-state index contributed by atoms with van der Waals surface area (Å²) in [6, 6.07) is 17.6. The Kier molecular flexibility index (Phi) is 7.55. The van der Waals surface area contributed by atoms with Gasteiger partial charge in [-0.05, 0) is 42.0 Å². The quantitative estimate of drug-likeness (QED) is 0.187. The molecule has 6 aromatic rings. The molecule has 1 N–H and O–H groups in total. The van der Waals surface area contributed by atoms with Crippen molar-refractivity contribution >= 4 is 38.8 Å². The predicted octanol–water partition coefficient (Wildman–Crippen LogP) is 4.51. The number of pyridine rings is 1. The highest BCUT2D eigenvalue weighted by molar-refractivity contribution is 7.90. The number of nitrogens with zero attached hydrogens (tertiary/aromatic N) is 9. The molecule has 0 saturated carbocycles. The summed E-state index contributed by atoms with van der Waals surface area (Å²) < 4.78 is 31.4. The number of carbonyl (C=O) groups is 1. The number of nitro groups is 1. The number of aromatic nitrogens is 6. The van der Waals surface area contributed by atoms with Gasteiger partial charge in [0.2, 0.25) is 5.95 Å². The second kappa shape index (κ2) is 11.9. The minimum Gasteiger partial charge on any atom is -0.465 e. The van der Waals surface area contributed by atoms with Gasteiger partial charge in [-0.15, -0.1) is 0 Å². The van der Waals surface area contributed by atoms with Crippen molar-refractivity contribution in [3.8, 4) is 33.6 Å². The molecule has 0 unspecified atom stereocenters. The zero-order valence-corrected chi connectivity index (χ0v) is 26.2. The molecule has 48 heavy (non-hydrogen) atoms. The zero-order valence-electron chi connectivity index (χ0n) is 25.4. The Labute approximate surface area is 273 Å². The average Bonchev–Trinajstić information content (AvgIpc) is 3.70. The molecule has 1 amide bonds. The van der Waals surface area contributed by atoms with Gasteiger partial charge in [-0.25, -0.2) is 32.1 Å². The highest BCUT2D eigenvalue weighted by Crippen LogP contribution is 2.39. The van der Waals surface area contributed by atoms with Gasteiger partial charge >= 0.3 is 6.09 Å². The summed E-state index contributed by atoms with van der Waals surface area (Å²) in [6.45, 7) is 1.47. The third-order valence-electron chi connectivity index (χ3n) is 8.18. The first-order valence-electron chi connectivity index (χ1n) is 14.8. The van der Waals surface area contributed by atoms with E-state index < -0.39 is 21.0 Å². The number of rotatable bonds is 7. The molecule has 1 saturated heterocycles. The minimum atomic E-state index is -4.17. The van der Waals surface area contributed by atoms with Gasteiger partial charge in [-0.3, -0.25) is 14.8 Å². The van der Waals surface area contributed by atoms with E-state index in [0.717, 1.165) is 0 Å². The van der Waals surface area contributed by atoms with E-state index in [2.05, 4.69) is 20.1 Å². The number of anilines is 1. The molecular formula is C32H27N9O6S. The van der Waals surface area contributed by atoms with Crippen LogP contribution in [0.1, 0.15) is 0 Å². The van der Waals surface area contributed by atoms with E-state index in [-0.39, 0.29) is 21.9 Å². The van der Waals surface area contributed by atoms with Gasteiger partial charge in [-0.2, -0.15) is 5.10 Å². The van der Waals surface area contributed by atoms with Crippen LogP contribution in [0.5, 0.6) is 0 Å². The molecule has 0 aliphatic carbocycles. The van der Waals surface area contributed by atoms with E-state index in [9.17, 15) is 28.4 Å². The summed E-state index contributed by atoms with van der Waals surface area (Å²) >= 11 is 0. The van der Waals surface area contributed by atoms with Crippen LogP contribution in [-0.2, 0) is 17.1 Å². The van der Waals surface area contributed by atoms with Crippen LogP contribution in [0.4, 0.5) is 16.4 Å².